The Kier molecular flexibility index (Phi) is 7.43. The van der Waals surface area contributed by atoms with Gasteiger partial charge in [-0.3, -0.25) is 18.2 Å². The molecular weight excluding hydrogens is 817 g/mol. The lowest BCUT2D eigenvalue weighted by Crippen LogP contribution is -2.00. The number of fused-ring (bicyclic) bond motifs is 20. The second kappa shape index (κ2) is 11.7. The van der Waals surface area contributed by atoms with E-state index in [1.54, 1.807) is 0 Å². The molecule has 0 unspecified atom stereocenters. The number of aromatic amines is 4. The van der Waals surface area contributed by atoms with E-state index in [1.165, 1.54) is 54.6 Å². The molecule has 8 bridgehead atoms. The van der Waals surface area contributed by atoms with E-state index in [-0.39, 0.29) is 73.5 Å². The SMILES string of the molecule is O=S(=O)(O)c1ccc2c3[nH]c(c2c1)Nc1[nH]c(c2cc(S(=O)(=O)O)ccc12)Nc1[nH]c(c2c(S(=O)(=O)O)cccc12)Nc1[nH]c(c2cc(S(=O)(=O)O)ccc12)N3. The molecule has 0 fully saturated rings. The molecule has 0 radical (unpaired) electrons. The van der Waals surface area contributed by atoms with Gasteiger partial charge in [0.2, 0.25) is 0 Å². The normalized spacial score (nSPS) is 13.8. The third kappa shape index (κ3) is 5.78. The van der Waals surface area contributed by atoms with Gasteiger partial charge in [0, 0.05) is 43.1 Å². The third-order valence-electron chi connectivity index (χ3n) is 9.31. The summed E-state index contributed by atoms with van der Waals surface area (Å²) in [7, 11) is -19.0. The lowest BCUT2D eigenvalue weighted by molar-refractivity contribution is 0.481. The summed E-state index contributed by atoms with van der Waals surface area (Å²) in [5, 5.41) is 14.4. The fourth-order valence-corrected chi connectivity index (χ4v) is 9.10. The topological polar surface area (TPSA) is 329 Å². The molecule has 20 nitrogen and oxygen atoms in total. The van der Waals surface area contributed by atoms with Gasteiger partial charge in [-0.25, -0.2) is 0 Å². The van der Waals surface area contributed by atoms with Gasteiger partial charge in [0.05, 0.1) is 14.7 Å². The van der Waals surface area contributed by atoms with Gasteiger partial charge in [0.15, 0.2) is 0 Å². The van der Waals surface area contributed by atoms with Crippen molar-refractivity contribution in [2.45, 2.75) is 19.6 Å². The molecule has 24 heteroatoms. The van der Waals surface area contributed by atoms with Crippen LogP contribution >= 0.6 is 0 Å². The maximum absolute atomic E-state index is 12.7. The minimum Gasteiger partial charge on any atom is -0.327 e. The first kappa shape index (κ1) is 35.6. The lowest BCUT2D eigenvalue weighted by atomic mass is 10.1. The summed E-state index contributed by atoms with van der Waals surface area (Å²) in [6.07, 6.45) is 0. The molecule has 1 aliphatic rings. The van der Waals surface area contributed by atoms with Crippen molar-refractivity contribution >= 4 is 130 Å². The van der Waals surface area contributed by atoms with E-state index in [9.17, 15) is 51.9 Å². The Morgan fingerprint density at radius 1 is 0.339 bits per heavy atom. The maximum atomic E-state index is 12.7. The molecule has 288 valence electrons. The summed E-state index contributed by atoms with van der Waals surface area (Å²) in [6.45, 7) is 0. The van der Waals surface area contributed by atoms with Gasteiger partial charge >= 0.3 is 0 Å². The van der Waals surface area contributed by atoms with E-state index in [4.69, 9.17) is 0 Å². The van der Waals surface area contributed by atoms with Gasteiger partial charge in [0.25, 0.3) is 40.5 Å². The zero-order valence-corrected chi connectivity index (χ0v) is 30.9. The minimum absolute atomic E-state index is 0.00885. The Hall–Kier alpha value is -6.12. The number of hydrogen-bond acceptors (Lipinski definition) is 12. The second-order valence-corrected chi connectivity index (χ2v) is 18.4. The van der Waals surface area contributed by atoms with Crippen LogP contribution in [0.25, 0.3) is 43.1 Å². The summed E-state index contributed by atoms with van der Waals surface area (Å²) in [4.78, 5) is 10.5. The molecule has 0 amide bonds. The number of H-pyrrole nitrogens is 4. The van der Waals surface area contributed by atoms with Gasteiger partial charge in [-0.1, -0.05) is 12.1 Å². The number of benzene rings is 4. The van der Waals surface area contributed by atoms with Crippen LogP contribution in [0.5, 0.6) is 0 Å². The van der Waals surface area contributed by atoms with E-state index < -0.39 is 60.1 Å². The zero-order valence-electron chi connectivity index (χ0n) is 27.6. The molecule has 0 spiro atoms. The van der Waals surface area contributed by atoms with E-state index in [2.05, 4.69) is 41.2 Å². The van der Waals surface area contributed by atoms with Crippen LogP contribution < -0.4 is 21.3 Å². The first-order valence-electron chi connectivity index (χ1n) is 15.8. The molecule has 5 heterocycles. The molecule has 0 saturated carbocycles. The Bertz CT molecular complexity index is 3460. The van der Waals surface area contributed by atoms with Crippen molar-refractivity contribution in [2.24, 2.45) is 0 Å². The summed E-state index contributed by atoms with van der Waals surface area (Å²) >= 11 is 0. The highest BCUT2D eigenvalue weighted by molar-refractivity contribution is 7.86. The van der Waals surface area contributed by atoms with Gasteiger partial charge < -0.3 is 41.2 Å². The molecule has 4 aromatic heterocycles. The average molecular weight is 841 g/mol. The van der Waals surface area contributed by atoms with Crippen molar-refractivity contribution in [2.75, 3.05) is 21.3 Å². The first-order valence-corrected chi connectivity index (χ1v) is 21.6. The minimum atomic E-state index is -4.85. The Balaban J connectivity index is 1.38. The van der Waals surface area contributed by atoms with E-state index in [1.807, 2.05) is 0 Å². The summed E-state index contributed by atoms with van der Waals surface area (Å²) in [6, 6.07) is 15.3. The summed E-state index contributed by atoms with van der Waals surface area (Å²) in [5.41, 5.74) is 0. The van der Waals surface area contributed by atoms with Crippen LogP contribution in [-0.2, 0) is 40.5 Å². The van der Waals surface area contributed by atoms with Crippen molar-refractivity contribution in [3.63, 3.8) is 0 Å². The van der Waals surface area contributed by atoms with Crippen molar-refractivity contribution < 1.29 is 51.9 Å². The molecule has 1 aliphatic heterocycles. The largest absolute Gasteiger partial charge is 0.327 e. The third-order valence-corrected chi connectivity index (χ3v) is 12.8. The van der Waals surface area contributed by atoms with Crippen LogP contribution in [-0.4, -0.2) is 71.8 Å². The molecule has 9 rings (SSSR count). The highest BCUT2D eigenvalue weighted by atomic mass is 32.2. The Morgan fingerprint density at radius 3 is 1.02 bits per heavy atom. The van der Waals surface area contributed by atoms with Gasteiger partial charge in [-0.15, -0.1) is 0 Å². The maximum Gasteiger partial charge on any atom is 0.295 e. The standard InChI is InChI=1S/C32H24N8O12S4/c41-53(42,43)13-4-7-16-20(10-13)29-33-25(16)35-30-22-12-15(55(47,48)49)6-9-18(22)27(37-30)39-32-24-19(2-1-3-23(24)56(50,51)52)28(40-32)38-31-21-11-14(54(44,45)46)5-8-17(21)26(34-29)36-31/h1-12,33-40H,(H,41,42,43)(H,44,45,46)(H,47,48,49)(H,50,51,52). The fourth-order valence-electron chi connectivity index (χ4n) is 6.86. The average Bonchev–Trinajstić information content (AvgIpc) is 3.84. The van der Waals surface area contributed by atoms with Crippen LogP contribution in [0.15, 0.2) is 92.4 Å². The zero-order chi connectivity index (χ0) is 39.7. The van der Waals surface area contributed by atoms with Gasteiger partial charge in [-0.05, 0) is 60.7 Å². The lowest BCUT2D eigenvalue weighted by Gasteiger charge is -2.07. The first-order chi connectivity index (χ1) is 26.2. The van der Waals surface area contributed by atoms with Crippen molar-refractivity contribution in [1.82, 2.24) is 19.9 Å². The molecule has 56 heavy (non-hydrogen) atoms. The van der Waals surface area contributed by atoms with Gasteiger partial charge in [0.1, 0.15) is 51.4 Å². The molecule has 8 aromatic rings. The summed E-state index contributed by atoms with van der Waals surface area (Å²) < 4.78 is 139. The quantitative estimate of drug-likeness (QED) is 0.0919. The van der Waals surface area contributed by atoms with E-state index >= 15 is 0 Å². The number of rotatable bonds is 4. The number of hydrogen-bond donors (Lipinski definition) is 12. The van der Waals surface area contributed by atoms with Crippen molar-refractivity contribution in [3.8, 4) is 0 Å². The van der Waals surface area contributed by atoms with Crippen LogP contribution in [0, 0.1) is 0 Å². The molecular formula is C32H24N8O12S4. The number of aromatic nitrogens is 4. The fraction of sp³-hybridized carbons (Fsp3) is 0. The predicted molar refractivity (Wildman–Crippen MR) is 206 cm³/mol. The van der Waals surface area contributed by atoms with Crippen molar-refractivity contribution in [1.29, 1.82) is 0 Å². The Morgan fingerprint density at radius 2 is 0.661 bits per heavy atom. The van der Waals surface area contributed by atoms with Crippen LogP contribution in [0.2, 0.25) is 0 Å². The smallest absolute Gasteiger partial charge is 0.295 e. The number of nitrogens with one attached hydrogen (secondary N) is 8. The molecule has 12 N–H and O–H groups in total. The number of anilines is 8. The monoisotopic (exact) mass is 840 g/mol. The van der Waals surface area contributed by atoms with E-state index in [0.29, 0.717) is 16.2 Å². The van der Waals surface area contributed by atoms with E-state index in [0.717, 1.165) is 18.2 Å². The van der Waals surface area contributed by atoms with Crippen LogP contribution in [0.3, 0.4) is 0 Å². The predicted octanol–water partition coefficient (Wildman–Crippen LogP) is 5.89. The van der Waals surface area contributed by atoms with Gasteiger partial charge in [-0.2, -0.15) is 33.7 Å². The highest BCUT2D eigenvalue weighted by Gasteiger charge is 2.26. The molecule has 0 aliphatic carbocycles. The highest BCUT2D eigenvalue weighted by Crippen LogP contribution is 2.44. The molecule has 0 saturated heterocycles. The molecule has 4 aromatic carbocycles. The molecule has 0 atom stereocenters. The van der Waals surface area contributed by atoms with Crippen LogP contribution in [0.1, 0.15) is 0 Å². The van der Waals surface area contributed by atoms with Crippen LogP contribution in [0.4, 0.5) is 46.5 Å². The second-order valence-electron chi connectivity index (χ2n) is 12.7. The summed E-state index contributed by atoms with van der Waals surface area (Å²) in [5.74, 6) is 1.08. The Labute approximate surface area is 314 Å². The van der Waals surface area contributed by atoms with Crippen molar-refractivity contribution in [3.05, 3.63) is 72.8 Å².